The molecule has 148 valence electrons. The highest BCUT2D eigenvalue weighted by Gasteiger charge is 2.64. The summed E-state index contributed by atoms with van der Waals surface area (Å²) in [5, 5.41) is 3.09. The molecule has 0 aliphatic heterocycles. The standard InChI is InChI=1S/C17H11Cl2F4N3O2/c18-12-8(7-10(20)13(19)25-12)14(27)26-15(28)24-11-4-2-1-3-9(11)16(5-6-16)17(21,22)23/h1-4,7H,5-6H2,(H2,24,26,27,28). The summed E-state index contributed by atoms with van der Waals surface area (Å²) in [6, 6.07) is 5.02. The monoisotopic (exact) mass is 435 g/mol. The smallest absolute Gasteiger partial charge is 0.307 e. The molecule has 0 radical (unpaired) electrons. The maximum Gasteiger partial charge on any atom is 0.398 e. The third kappa shape index (κ3) is 3.77. The number of carbonyl (C=O) groups excluding carboxylic acids is 2. The molecule has 5 nitrogen and oxygen atoms in total. The molecular formula is C17H11Cl2F4N3O2. The number of urea groups is 1. The lowest BCUT2D eigenvalue weighted by atomic mass is 9.93. The molecule has 2 aromatic rings. The lowest BCUT2D eigenvalue weighted by Gasteiger charge is -2.22. The normalized spacial score (nSPS) is 15.1. The van der Waals surface area contributed by atoms with E-state index in [1.54, 1.807) is 0 Å². The predicted molar refractivity (Wildman–Crippen MR) is 94.1 cm³/mol. The maximum atomic E-state index is 13.5. The number of alkyl halides is 3. The van der Waals surface area contributed by atoms with Gasteiger partial charge in [-0.15, -0.1) is 0 Å². The fourth-order valence-electron chi connectivity index (χ4n) is 2.77. The fourth-order valence-corrected chi connectivity index (χ4v) is 3.18. The van der Waals surface area contributed by atoms with Gasteiger partial charge in [-0.05, 0) is 30.5 Å². The summed E-state index contributed by atoms with van der Waals surface area (Å²) in [6.07, 6.45) is -4.67. The summed E-state index contributed by atoms with van der Waals surface area (Å²) in [7, 11) is 0. The average molecular weight is 436 g/mol. The van der Waals surface area contributed by atoms with Gasteiger partial charge in [0.05, 0.1) is 11.0 Å². The largest absolute Gasteiger partial charge is 0.398 e. The Balaban J connectivity index is 1.78. The van der Waals surface area contributed by atoms with Crippen molar-refractivity contribution in [1.29, 1.82) is 0 Å². The number of anilines is 1. The highest BCUT2D eigenvalue weighted by Crippen LogP contribution is 2.60. The molecule has 2 N–H and O–H groups in total. The van der Waals surface area contributed by atoms with Crippen LogP contribution in [0.3, 0.4) is 0 Å². The van der Waals surface area contributed by atoms with Gasteiger partial charge >= 0.3 is 12.2 Å². The third-order valence-corrected chi connectivity index (χ3v) is 4.90. The topological polar surface area (TPSA) is 71.1 Å². The first-order valence-electron chi connectivity index (χ1n) is 7.85. The Bertz CT molecular complexity index is 962. The van der Waals surface area contributed by atoms with Crippen molar-refractivity contribution >= 4 is 40.8 Å². The highest BCUT2D eigenvalue weighted by molar-refractivity contribution is 6.35. The quantitative estimate of drug-likeness (QED) is 0.521. The number of imide groups is 1. The second-order valence-electron chi connectivity index (χ2n) is 6.13. The maximum absolute atomic E-state index is 13.5. The predicted octanol–water partition coefficient (Wildman–Crippen LogP) is 5.08. The molecule has 0 unspecified atom stereocenters. The van der Waals surface area contributed by atoms with Crippen LogP contribution in [0.15, 0.2) is 30.3 Å². The van der Waals surface area contributed by atoms with E-state index < -0.39 is 45.2 Å². The van der Waals surface area contributed by atoms with Crippen LogP contribution in [0.25, 0.3) is 0 Å². The second-order valence-corrected chi connectivity index (χ2v) is 6.85. The summed E-state index contributed by atoms with van der Waals surface area (Å²) in [6.45, 7) is 0. The van der Waals surface area contributed by atoms with Gasteiger partial charge in [0.1, 0.15) is 5.15 Å². The van der Waals surface area contributed by atoms with E-state index in [4.69, 9.17) is 23.2 Å². The minimum atomic E-state index is -4.48. The Hall–Kier alpha value is -2.39. The number of nitrogens with one attached hydrogen (secondary N) is 2. The molecule has 28 heavy (non-hydrogen) atoms. The Kier molecular flexibility index (Phi) is 5.24. The third-order valence-electron chi connectivity index (χ3n) is 4.34. The number of benzene rings is 1. The number of halogens is 6. The minimum Gasteiger partial charge on any atom is -0.307 e. The van der Waals surface area contributed by atoms with Gasteiger partial charge in [-0.1, -0.05) is 41.4 Å². The van der Waals surface area contributed by atoms with Gasteiger partial charge < -0.3 is 5.32 Å². The first-order valence-corrected chi connectivity index (χ1v) is 8.61. The molecule has 3 rings (SSSR count). The van der Waals surface area contributed by atoms with E-state index in [1.165, 1.54) is 24.3 Å². The Labute approximate surface area is 166 Å². The first-order chi connectivity index (χ1) is 13.0. The van der Waals surface area contributed by atoms with Crippen LogP contribution in [0.4, 0.5) is 28.0 Å². The SMILES string of the molecule is O=C(NC(=O)c1cc(F)c(Cl)nc1Cl)Nc1ccccc1C1(C(F)(F)F)CC1. The van der Waals surface area contributed by atoms with Crippen molar-refractivity contribution in [2.45, 2.75) is 24.4 Å². The molecule has 1 aliphatic carbocycles. The van der Waals surface area contributed by atoms with Crippen molar-refractivity contribution in [2.75, 3.05) is 5.32 Å². The number of hydrogen-bond acceptors (Lipinski definition) is 3. The fraction of sp³-hybridized carbons (Fsp3) is 0.235. The average Bonchev–Trinajstić information content (AvgIpc) is 3.40. The van der Waals surface area contributed by atoms with Gasteiger partial charge in [-0.25, -0.2) is 14.2 Å². The number of nitrogens with zero attached hydrogens (tertiary/aromatic N) is 1. The summed E-state index contributed by atoms with van der Waals surface area (Å²) < 4.78 is 53.7. The highest BCUT2D eigenvalue weighted by atomic mass is 35.5. The molecule has 0 bridgehead atoms. The van der Waals surface area contributed by atoms with E-state index in [0.29, 0.717) is 6.07 Å². The first kappa shape index (κ1) is 20.3. The number of aromatic nitrogens is 1. The molecule has 1 fully saturated rings. The zero-order valence-electron chi connectivity index (χ0n) is 13.8. The van der Waals surface area contributed by atoms with Gasteiger partial charge in [0.15, 0.2) is 11.0 Å². The van der Waals surface area contributed by atoms with Crippen LogP contribution < -0.4 is 10.6 Å². The number of hydrogen-bond donors (Lipinski definition) is 2. The summed E-state index contributed by atoms with van der Waals surface area (Å²) in [5.41, 5.74) is -2.66. The molecule has 11 heteroatoms. The van der Waals surface area contributed by atoms with Gasteiger partial charge in [0.2, 0.25) is 0 Å². The van der Waals surface area contributed by atoms with Crippen molar-refractivity contribution in [2.24, 2.45) is 0 Å². The van der Waals surface area contributed by atoms with Crippen LogP contribution in [-0.4, -0.2) is 23.1 Å². The number of carbonyl (C=O) groups is 2. The molecule has 0 spiro atoms. The minimum absolute atomic E-state index is 0.0888. The molecule has 1 aliphatic rings. The lowest BCUT2D eigenvalue weighted by molar-refractivity contribution is -0.160. The van der Waals surface area contributed by atoms with Gasteiger partial charge in [0, 0.05) is 5.69 Å². The lowest BCUT2D eigenvalue weighted by Crippen LogP contribution is -2.36. The molecule has 1 aromatic carbocycles. The number of amides is 3. The van der Waals surface area contributed by atoms with Gasteiger partial charge in [0.25, 0.3) is 5.91 Å². The number of rotatable bonds is 3. The van der Waals surface area contributed by atoms with Crippen molar-refractivity contribution in [3.05, 3.63) is 57.6 Å². The molecular weight excluding hydrogens is 425 g/mol. The Morgan fingerprint density at radius 3 is 2.36 bits per heavy atom. The molecule has 1 aromatic heterocycles. The molecule has 3 amide bonds. The summed E-state index contributed by atoms with van der Waals surface area (Å²) in [4.78, 5) is 27.6. The second kappa shape index (κ2) is 7.21. The molecule has 1 heterocycles. The zero-order chi connectivity index (χ0) is 20.7. The van der Waals surface area contributed by atoms with Crippen molar-refractivity contribution < 1.29 is 27.2 Å². The van der Waals surface area contributed by atoms with Crippen LogP contribution in [0.1, 0.15) is 28.8 Å². The summed E-state index contributed by atoms with van der Waals surface area (Å²) >= 11 is 11.1. The van der Waals surface area contributed by atoms with E-state index in [2.05, 4.69) is 10.3 Å². The molecule has 1 saturated carbocycles. The summed E-state index contributed by atoms with van der Waals surface area (Å²) in [5.74, 6) is -2.12. The molecule has 0 saturated heterocycles. The van der Waals surface area contributed by atoms with Crippen LogP contribution in [0.2, 0.25) is 10.3 Å². The molecule has 0 atom stereocenters. The van der Waals surface area contributed by atoms with Crippen LogP contribution in [-0.2, 0) is 5.41 Å². The number of pyridine rings is 1. The van der Waals surface area contributed by atoms with Gasteiger partial charge in [-0.3, -0.25) is 10.1 Å². The Morgan fingerprint density at radius 2 is 1.75 bits per heavy atom. The van der Waals surface area contributed by atoms with Crippen molar-refractivity contribution in [1.82, 2.24) is 10.3 Å². The van der Waals surface area contributed by atoms with Crippen LogP contribution in [0.5, 0.6) is 0 Å². The number of para-hydroxylation sites is 1. The van der Waals surface area contributed by atoms with E-state index in [-0.39, 0.29) is 24.1 Å². The van der Waals surface area contributed by atoms with Crippen LogP contribution in [0, 0.1) is 5.82 Å². The van der Waals surface area contributed by atoms with E-state index >= 15 is 0 Å². The van der Waals surface area contributed by atoms with Crippen molar-refractivity contribution in [3.63, 3.8) is 0 Å². The van der Waals surface area contributed by atoms with Gasteiger partial charge in [-0.2, -0.15) is 13.2 Å². The van der Waals surface area contributed by atoms with E-state index in [9.17, 15) is 27.2 Å². The van der Waals surface area contributed by atoms with Crippen LogP contribution >= 0.6 is 23.2 Å². The zero-order valence-corrected chi connectivity index (χ0v) is 15.3. The van der Waals surface area contributed by atoms with Crippen molar-refractivity contribution in [3.8, 4) is 0 Å². The van der Waals surface area contributed by atoms with E-state index in [1.807, 2.05) is 5.32 Å². The Morgan fingerprint density at radius 1 is 1.11 bits per heavy atom. The van der Waals surface area contributed by atoms with E-state index in [0.717, 1.165) is 0 Å².